The first-order valence-electron chi connectivity index (χ1n) is 6.93. The van der Waals surface area contributed by atoms with Crippen LogP contribution in [-0.2, 0) is 11.2 Å². The minimum absolute atomic E-state index is 0.0759. The molecule has 0 N–H and O–H groups in total. The number of carbonyl (C=O) groups excluding carboxylic acids is 1. The molecule has 1 aliphatic carbocycles. The summed E-state index contributed by atoms with van der Waals surface area (Å²) < 4.78 is 31.3. The summed E-state index contributed by atoms with van der Waals surface area (Å²) in [5, 5.41) is 3.68. The van der Waals surface area contributed by atoms with Crippen LogP contribution in [0.2, 0.25) is 0 Å². The number of nitrogens with zero attached hydrogens (tertiary/aromatic N) is 2. The molecule has 0 atom stereocenters. The molecule has 0 amide bonds. The summed E-state index contributed by atoms with van der Waals surface area (Å²) in [5.41, 5.74) is 0.191. The van der Waals surface area contributed by atoms with Gasteiger partial charge in [-0.2, -0.15) is 4.98 Å². The third kappa shape index (κ3) is 3.15. The average Bonchev–Trinajstić information content (AvgIpc) is 3.08. The summed E-state index contributed by atoms with van der Waals surface area (Å²) in [7, 11) is 0. The number of ketones is 1. The van der Waals surface area contributed by atoms with E-state index >= 15 is 0 Å². The predicted molar refractivity (Wildman–Crippen MR) is 70.3 cm³/mol. The predicted octanol–water partition coefficient (Wildman–Crippen LogP) is 3.32. The smallest absolute Gasteiger partial charge is 0.234 e. The second-order valence-electron chi connectivity index (χ2n) is 5.29. The largest absolute Gasteiger partial charge is 0.339 e. The zero-order valence-electron chi connectivity index (χ0n) is 11.3. The van der Waals surface area contributed by atoms with Crippen LogP contribution in [-0.4, -0.2) is 15.9 Å². The molecule has 6 heteroatoms. The maximum Gasteiger partial charge on any atom is 0.234 e. The van der Waals surface area contributed by atoms with Crippen molar-refractivity contribution in [3.8, 4) is 11.4 Å². The number of carbonyl (C=O) groups is 1. The van der Waals surface area contributed by atoms with Crippen molar-refractivity contribution >= 4 is 5.78 Å². The van der Waals surface area contributed by atoms with E-state index in [1.54, 1.807) is 0 Å². The van der Waals surface area contributed by atoms with E-state index in [4.69, 9.17) is 4.52 Å². The Balaban J connectivity index is 1.75. The summed E-state index contributed by atoms with van der Waals surface area (Å²) in [5.74, 6) is -0.981. The molecular formula is C15H14F2N2O2. The number of benzene rings is 1. The van der Waals surface area contributed by atoms with Crippen molar-refractivity contribution in [1.29, 1.82) is 0 Å². The van der Waals surface area contributed by atoms with Crippen LogP contribution in [0.25, 0.3) is 11.4 Å². The highest BCUT2D eigenvalue weighted by Gasteiger charge is 2.24. The molecule has 1 aromatic heterocycles. The van der Waals surface area contributed by atoms with Crippen molar-refractivity contribution in [2.75, 3.05) is 0 Å². The molecule has 1 aromatic carbocycles. The summed E-state index contributed by atoms with van der Waals surface area (Å²) in [6.07, 6.45) is 4.06. The first-order chi connectivity index (χ1) is 10.1. The van der Waals surface area contributed by atoms with E-state index in [9.17, 15) is 13.6 Å². The Morgan fingerprint density at radius 2 is 1.86 bits per heavy atom. The summed E-state index contributed by atoms with van der Waals surface area (Å²) >= 11 is 0. The normalized spacial score (nSPS) is 15.5. The fourth-order valence-corrected chi connectivity index (χ4v) is 2.67. The standard InChI is InChI=1S/C15H14F2N2O2/c16-11-5-10(6-12(17)7-11)15-18-14(21-19-15)8-13(20)9-3-1-2-4-9/h5-7,9H,1-4,8H2. The van der Waals surface area contributed by atoms with Gasteiger partial charge in [0, 0.05) is 17.5 Å². The van der Waals surface area contributed by atoms with Gasteiger partial charge in [-0.05, 0) is 25.0 Å². The van der Waals surface area contributed by atoms with E-state index in [0.717, 1.165) is 43.9 Å². The molecule has 0 spiro atoms. The lowest BCUT2D eigenvalue weighted by molar-refractivity contribution is -0.122. The Morgan fingerprint density at radius 3 is 2.52 bits per heavy atom. The molecule has 2 aromatic rings. The van der Waals surface area contributed by atoms with Crippen LogP contribution in [0.4, 0.5) is 8.78 Å². The molecule has 110 valence electrons. The fraction of sp³-hybridized carbons (Fsp3) is 0.400. The van der Waals surface area contributed by atoms with Gasteiger partial charge in [0.2, 0.25) is 11.7 Å². The maximum absolute atomic E-state index is 13.2. The van der Waals surface area contributed by atoms with Gasteiger partial charge in [0.25, 0.3) is 0 Å². The molecule has 0 aliphatic heterocycles. The second-order valence-corrected chi connectivity index (χ2v) is 5.29. The Kier molecular flexibility index (Phi) is 3.77. The lowest BCUT2D eigenvalue weighted by Crippen LogP contribution is -2.13. The molecule has 0 saturated heterocycles. The zero-order chi connectivity index (χ0) is 14.8. The fourth-order valence-electron chi connectivity index (χ4n) is 2.67. The zero-order valence-corrected chi connectivity index (χ0v) is 11.3. The number of Topliss-reactive ketones (excluding diaryl/α,β-unsaturated/α-hetero) is 1. The van der Waals surface area contributed by atoms with Gasteiger partial charge in [-0.25, -0.2) is 8.78 Å². The monoisotopic (exact) mass is 292 g/mol. The van der Waals surface area contributed by atoms with Crippen LogP contribution in [0, 0.1) is 17.6 Å². The maximum atomic E-state index is 13.2. The van der Waals surface area contributed by atoms with Crippen molar-refractivity contribution in [1.82, 2.24) is 10.1 Å². The minimum Gasteiger partial charge on any atom is -0.339 e. The number of rotatable bonds is 4. The van der Waals surface area contributed by atoms with Crippen molar-refractivity contribution in [2.45, 2.75) is 32.1 Å². The van der Waals surface area contributed by atoms with E-state index in [-0.39, 0.29) is 35.4 Å². The molecule has 0 radical (unpaired) electrons. The van der Waals surface area contributed by atoms with E-state index < -0.39 is 11.6 Å². The molecule has 0 bridgehead atoms. The minimum atomic E-state index is -0.710. The Bertz CT molecular complexity index is 643. The van der Waals surface area contributed by atoms with Gasteiger partial charge in [0.05, 0.1) is 6.42 Å². The van der Waals surface area contributed by atoms with Gasteiger partial charge in [0.15, 0.2) is 0 Å². The Labute approximate surface area is 120 Å². The van der Waals surface area contributed by atoms with Gasteiger partial charge >= 0.3 is 0 Å². The van der Waals surface area contributed by atoms with Crippen molar-refractivity contribution in [2.24, 2.45) is 5.92 Å². The van der Waals surface area contributed by atoms with Crippen LogP contribution >= 0.6 is 0 Å². The average molecular weight is 292 g/mol. The molecule has 1 heterocycles. The third-order valence-corrected chi connectivity index (χ3v) is 3.72. The summed E-state index contributed by atoms with van der Waals surface area (Å²) in [6, 6.07) is 3.02. The van der Waals surface area contributed by atoms with Crippen LogP contribution in [0.5, 0.6) is 0 Å². The number of hydrogen-bond acceptors (Lipinski definition) is 4. The van der Waals surface area contributed by atoms with Crippen molar-refractivity contribution in [3.05, 3.63) is 35.7 Å². The first-order valence-corrected chi connectivity index (χ1v) is 6.93. The molecule has 1 saturated carbocycles. The van der Waals surface area contributed by atoms with Gasteiger partial charge < -0.3 is 4.52 Å². The summed E-state index contributed by atoms with van der Waals surface area (Å²) in [4.78, 5) is 16.1. The highest BCUT2D eigenvalue weighted by Crippen LogP contribution is 2.26. The van der Waals surface area contributed by atoms with Crippen molar-refractivity contribution in [3.63, 3.8) is 0 Å². The number of hydrogen-bond donors (Lipinski definition) is 0. The highest BCUT2D eigenvalue weighted by molar-refractivity contribution is 5.82. The molecule has 0 unspecified atom stereocenters. The van der Waals surface area contributed by atoms with Gasteiger partial charge in [-0.15, -0.1) is 0 Å². The SMILES string of the molecule is O=C(Cc1nc(-c2cc(F)cc(F)c2)no1)C1CCCC1. The molecular weight excluding hydrogens is 278 g/mol. The van der Waals surface area contributed by atoms with E-state index in [1.807, 2.05) is 0 Å². The molecule has 21 heavy (non-hydrogen) atoms. The number of aromatic nitrogens is 2. The van der Waals surface area contributed by atoms with E-state index in [0.29, 0.717) is 0 Å². The first kappa shape index (κ1) is 13.9. The van der Waals surface area contributed by atoms with Crippen LogP contribution < -0.4 is 0 Å². The summed E-state index contributed by atoms with van der Waals surface area (Å²) in [6.45, 7) is 0. The molecule has 3 rings (SSSR count). The van der Waals surface area contributed by atoms with Gasteiger partial charge in [-0.3, -0.25) is 4.79 Å². The highest BCUT2D eigenvalue weighted by atomic mass is 19.1. The van der Waals surface area contributed by atoms with Crippen molar-refractivity contribution < 1.29 is 18.1 Å². The Hall–Kier alpha value is -2.11. The topological polar surface area (TPSA) is 56.0 Å². The van der Waals surface area contributed by atoms with Crippen LogP contribution in [0.3, 0.4) is 0 Å². The van der Waals surface area contributed by atoms with Gasteiger partial charge in [-0.1, -0.05) is 18.0 Å². The second kappa shape index (κ2) is 5.71. The molecule has 4 nitrogen and oxygen atoms in total. The molecule has 1 aliphatic rings. The number of halogens is 2. The van der Waals surface area contributed by atoms with Gasteiger partial charge in [0.1, 0.15) is 17.4 Å². The quantitative estimate of drug-likeness (QED) is 0.867. The van der Waals surface area contributed by atoms with Crippen LogP contribution in [0.1, 0.15) is 31.6 Å². The molecule has 1 fully saturated rings. The van der Waals surface area contributed by atoms with E-state index in [2.05, 4.69) is 10.1 Å². The van der Waals surface area contributed by atoms with E-state index in [1.165, 1.54) is 0 Å². The lowest BCUT2D eigenvalue weighted by Gasteiger charge is -2.04. The third-order valence-electron chi connectivity index (χ3n) is 3.72. The van der Waals surface area contributed by atoms with Crippen LogP contribution in [0.15, 0.2) is 22.7 Å². The lowest BCUT2D eigenvalue weighted by atomic mass is 10.0. The Morgan fingerprint density at radius 1 is 1.19 bits per heavy atom.